The Kier molecular flexibility index (Phi) is 21.1. The molecule has 0 amide bonds. The summed E-state index contributed by atoms with van der Waals surface area (Å²) < 4.78 is 119. The minimum Gasteiger partial charge on any atom is -0.462 e. The Morgan fingerprint density at radius 1 is 0.703 bits per heavy atom. The zero-order chi connectivity index (χ0) is 66.6. The Morgan fingerprint density at radius 3 is 1.95 bits per heavy atom. The van der Waals surface area contributed by atoms with Crippen LogP contribution in [0.15, 0.2) is 11.6 Å². The van der Waals surface area contributed by atoms with Crippen molar-refractivity contribution in [3.8, 4) is 0 Å². The number of hydrogen-bond donors (Lipinski definition) is 12. The second-order valence-corrected chi connectivity index (χ2v) is 29.7. The summed E-state index contributed by atoms with van der Waals surface area (Å²) in [5.41, 5.74) is -3.06. The molecule has 522 valence electrons. The Morgan fingerprint density at radius 2 is 1.31 bits per heavy atom. The number of rotatable bonds is 19. The van der Waals surface area contributed by atoms with Crippen molar-refractivity contribution >= 4 is 22.3 Å². The molecule has 24 unspecified atom stereocenters. The van der Waals surface area contributed by atoms with E-state index < -0.39 is 230 Å². The monoisotopic (exact) mass is 1330 g/mol. The number of aliphatic hydroxyl groups is 11. The van der Waals surface area contributed by atoms with Crippen molar-refractivity contribution in [3.05, 3.63) is 11.6 Å². The number of methoxy groups -OCH3 is 1. The van der Waals surface area contributed by atoms with E-state index in [1.54, 1.807) is 0 Å². The molecule has 4 aliphatic carbocycles. The molecule has 31 heteroatoms. The summed E-state index contributed by atoms with van der Waals surface area (Å²) in [5, 5.41) is 122. The van der Waals surface area contributed by atoms with Crippen molar-refractivity contribution < 1.29 is 144 Å². The summed E-state index contributed by atoms with van der Waals surface area (Å²) in [6, 6.07) is 0. The van der Waals surface area contributed by atoms with E-state index in [1.165, 1.54) is 21.0 Å². The molecular formula is C60H96O30S. The van der Waals surface area contributed by atoms with Crippen molar-refractivity contribution in [1.29, 1.82) is 0 Å². The molecule has 30 nitrogen and oxygen atoms in total. The third-order valence-corrected chi connectivity index (χ3v) is 22.5. The third-order valence-electron chi connectivity index (χ3n) is 22.1. The molecule has 10 rings (SSSR count). The van der Waals surface area contributed by atoms with E-state index in [2.05, 4.69) is 19.9 Å². The van der Waals surface area contributed by atoms with E-state index in [0.717, 1.165) is 5.57 Å². The fourth-order valence-corrected chi connectivity index (χ4v) is 18.4. The van der Waals surface area contributed by atoms with Crippen molar-refractivity contribution in [2.24, 2.45) is 45.3 Å². The molecule has 10 aliphatic rings. The third kappa shape index (κ3) is 13.0. The van der Waals surface area contributed by atoms with Gasteiger partial charge in [0.1, 0.15) is 109 Å². The van der Waals surface area contributed by atoms with Gasteiger partial charge in [-0.3, -0.25) is 14.1 Å². The standard InChI is InChI=1S/C60H96O30S/c1-24(2)17-27(63)18-59(9)49-33(82-26(4)62)19-58(8)29-11-12-35-56(5,6)36(14-15-57(35,7)28(29)13-16-60(49,58)55(73)89-59)84-53-48(45(32(66)23-80-53)90-91(74,75)76)88-54-47(87-50-39(69)37(67)30(64)21-78-50)40(70)43(25(3)81-54)85-51-41(71)44(31(65)22-79-51)86-52-42(72)46(77-10)38(68)34(20-61)83-52/h11,24-25,27-28,30-54,61,63-72H,12-23H2,1-10H3,(H,74,75,76)/t25?,27-,28+,30?,31?,32?,33-,34?,35?,36-,37?,38?,39?,40?,41?,42?,43?,44?,45?,46?,47?,48?,49+,50?,51?,52?,53?,54?,57+,58-,59-,60?/m0/s1. The Labute approximate surface area is 528 Å². The fourth-order valence-electron chi connectivity index (χ4n) is 17.9. The van der Waals surface area contributed by atoms with Gasteiger partial charge in [0.05, 0.1) is 56.1 Å². The van der Waals surface area contributed by atoms with Gasteiger partial charge in [-0.2, -0.15) is 8.42 Å². The highest BCUT2D eigenvalue weighted by atomic mass is 32.3. The molecule has 3 saturated carbocycles. The molecule has 0 radical (unpaired) electrons. The van der Waals surface area contributed by atoms with Gasteiger partial charge >= 0.3 is 22.3 Å². The molecule has 6 heterocycles. The van der Waals surface area contributed by atoms with E-state index in [9.17, 15) is 78.7 Å². The lowest BCUT2D eigenvalue weighted by Crippen LogP contribution is -2.67. The van der Waals surface area contributed by atoms with E-state index in [0.29, 0.717) is 44.9 Å². The number of ether oxygens (including phenoxy) is 13. The largest absolute Gasteiger partial charge is 0.462 e. The highest BCUT2D eigenvalue weighted by molar-refractivity contribution is 7.80. The molecule has 1 spiro atoms. The first kappa shape index (κ1) is 71.4. The number of allylic oxidation sites excluding steroid dienone is 2. The van der Waals surface area contributed by atoms with Gasteiger partial charge in [-0.05, 0) is 87.4 Å². The Balaban J connectivity index is 0.912. The molecule has 32 atom stereocenters. The summed E-state index contributed by atoms with van der Waals surface area (Å²) in [6.07, 6.45) is -34.7. The zero-order valence-electron chi connectivity index (χ0n) is 52.9. The van der Waals surface area contributed by atoms with Crippen LogP contribution in [0.1, 0.15) is 114 Å². The van der Waals surface area contributed by atoms with Crippen molar-refractivity contribution in [3.63, 3.8) is 0 Å². The van der Waals surface area contributed by atoms with Crippen LogP contribution in [0.3, 0.4) is 0 Å². The van der Waals surface area contributed by atoms with Crippen LogP contribution in [0.4, 0.5) is 0 Å². The fraction of sp³-hybridized carbons (Fsp3) is 0.933. The van der Waals surface area contributed by atoms with E-state index in [4.69, 9.17) is 65.8 Å². The van der Waals surface area contributed by atoms with Crippen LogP contribution in [0.25, 0.3) is 0 Å². The van der Waals surface area contributed by atoms with Crippen molar-refractivity contribution in [2.45, 2.75) is 273 Å². The molecular weight excluding hydrogens is 1230 g/mol. The molecule has 0 aromatic heterocycles. The predicted octanol–water partition coefficient (Wildman–Crippen LogP) is -1.87. The first-order chi connectivity index (χ1) is 42.5. The van der Waals surface area contributed by atoms with Crippen LogP contribution in [0.5, 0.6) is 0 Å². The van der Waals surface area contributed by atoms with Crippen LogP contribution in [0, 0.1) is 45.3 Å². The molecule has 91 heavy (non-hydrogen) atoms. The maximum absolute atomic E-state index is 14.8. The molecule has 9 fully saturated rings. The maximum atomic E-state index is 14.8. The smallest absolute Gasteiger partial charge is 0.397 e. The average molecular weight is 1330 g/mol. The number of aliphatic hydroxyl groups excluding tert-OH is 11. The second kappa shape index (κ2) is 26.8. The predicted molar refractivity (Wildman–Crippen MR) is 304 cm³/mol. The number of carbonyl (C=O) groups is 2. The van der Waals surface area contributed by atoms with Gasteiger partial charge < -0.3 is 118 Å². The van der Waals surface area contributed by atoms with Gasteiger partial charge in [0, 0.05) is 25.9 Å². The van der Waals surface area contributed by atoms with Gasteiger partial charge in [0.25, 0.3) is 0 Å². The zero-order valence-corrected chi connectivity index (χ0v) is 53.7. The number of fused-ring (bicyclic) bond motifs is 4. The number of esters is 2. The molecule has 0 bridgehead atoms. The number of cyclic esters (lactones) is 1. The van der Waals surface area contributed by atoms with E-state index in [1.807, 2.05) is 34.6 Å². The summed E-state index contributed by atoms with van der Waals surface area (Å²) >= 11 is 0. The van der Waals surface area contributed by atoms with E-state index >= 15 is 0 Å². The lowest BCUT2D eigenvalue weighted by Gasteiger charge is -2.64. The van der Waals surface area contributed by atoms with Gasteiger partial charge in [-0.25, -0.2) is 4.18 Å². The lowest BCUT2D eigenvalue weighted by molar-refractivity contribution is -0.398. The molecule has 0 aromatic carbocycles. The molecule has 12 N–H and O–H groups in total. The van der Waals surface area contributed by atoms with Crippen LogP contribution in [-0.2, 0) is 85.8 Å². The van der Waals surface area contributed by atoms with Crippen molar-refractivity contribution in [1.82, 2.24) is 0 Å². The maximum Gasteiger partial charge on any atom is 0.397 e. The lowest BCUT2D eigenvalue weighted by atomic mass is 9.41. The van der Waals surface area contributed by atoms with Crippen LogP contribution in [0.2, 0.25) is 0 Å². The molecule has 0 aromatic rings. The molecule has 6 saturated heterocycles. The second-order valence-electron chi connectivity index (χ2n) is 28.6. The Hall–Kier alpha value is -2.33. The number of carbonyl (C=O) groups excluding carboxylic acids is 2. The summed E-state index contributed by atoms with van der Waals surface area (Å²) in [4.78, 5) is 27.7. The first-order valence-electron chi connectivity index (χ1n) is 31.7. The van der Waals surface area contributed by atoms with Gasteiger partial charge in [0.15, 0.2) is 31.5 Å². The summed E-state index contributed by atoms with van der Waals surface area (Å²) in [6.45, 7) is 14.5. The topological polar surface area (TPSA) is 440 Å². The highest BCUT2D eigenvalue weighted by Gasteiger charge is 2.80. The normalized spacial score (nSPS) is 50.2. The SMILES string of the molecule is COC1C(O)C(CO)OC(OC2C(O)COC(OC3C(C)OC(OC4C(O[C@H]5CC[C@@]6(C)C(CC=C7[C@H]6CCC68C(=O)O[C@@](C)(C[C@@H](O)CC(C)C)[C@H]6[C@@H](OC(C)=O)C[C@@]78C)C5(C)C)OCC(O)C4OS(=O)(=O)O)C(OC4OCC(O)C(O)C4O)C3O)C2O)C1O. The van der Waals surface area contributed by atoms with Gasteiger partial charge in [-0.1, -0.05) is 53.2 Å². The first-order valence-corrected chi connectivity index (χ1v) is 33.1. The number of hydrogen-bond acceptors (Lipinski definition) is 29. The van der Waals surface area contributed by atoms with Gasteiger partial charge in [-0.15, -0.1) is 0 Å². The van der Waals surface area contributed by atoms with Crippen LogP contribution < -0.4 is 0 Å². The van der Waals surface area contributed by atoms with Crippen LogP contribution >= 0.6 is 0 Å². The minimum absolute atomic E-state index is 0.0626. The van der Waals surface area contributed by atoms with Gasteiger partial charge in [0.2, 0.25) is 0 Å². The average Bonchev–Trinajstić information content (AvgIpc) is 1.52. The van der Waals surface area contributed by atoms with E-state index in [-0.39, 0.29) is 30.1 Å². The van der Waals surface area contributed by atoms with Crippen LogP contribution in [-0.4, -0.2) is 274 Å². The Bertz CT molecular complexity index is 2710. The highest BCUT2D eigenvalue weighted by Crippen LogP contribution is 2.77. The quantitative estimate of drug-likeness (QED) is 0.0383. The minimum atomic E-state index is -5.41. The van der Waals surface area contributed by atoms with Crippen molar-refractivity contribution in [2.75, 3.05) is 33.5 Å². The molecule has 6 aliphatic heterocycles. The summed E-state index contributed by atoms with van der Waals surface area (Å²) in [5.74, 6) is -1.38. The summed E-state index contributed by atoms with van der Waals surface area (Å²) in [7, 11) is -4.23.